The van der Waals surface area contributed by atoms with Crippen molar-refractivity contribution in [3.05, 3.63) is 54.6 Å². The van der Waals surface area contributed by atoms with Crippen LogP contribution in [-0.4, -0.2) is 20.6 Å². The molecule has 104 valence electrons. The van der Waals surface area contributed by atoms with E-state index >= 15 is 0 Å². The first-order valence-electron chi connectivity index (χ1n) is 6.01. The van der Waals surface area contributed by atoms with Crippen LogP contribution in [0, 0.1) is 0 Å². The zero-order chi connectivity index (χ0) is 14.4. The number of nitrogens with one attached hydrogen (secondary N) is 1. The molecule has 0 aromatic heterocycles. The Labute approximate surface area is 118 Å². The third kappa shape index (κ3) is 4.81. The lowest BCUT2D eigenvalue weighted by atomic mass is 10.3. The Kier molecular flexibility index (Phi) is 4.47. The molecule has 0 aliphatic carbocycles. The molecule has 0 atom stereocenters. The summed E-state index contributed by atoms with van der Waals surface area (Å²) >= 11 is 0. The second-order valence-electron chi connectivity index (χ2n) is 4.33. The van der Waals surface area contributed by atoms with Crippen molar-refractivity contribution >= 4 is 26.9 Å². The number of benzene rings is 2. The molecule has 0 heterocycles. The van der Waals surface area contributed by atoms with Gasteiger partial charge in [0, 0.05) is 11.9 Å². The van der Waals surface area contributed by atoms with E-state index < -0.39 is 9.84 Å². The second-order valence-corrected chi connectivity index (χ2v) is 6.47. The second kappa shape index (κ2) is 6.29. The fourth-order valence-electron chi connectivity index (χ4n) is 1.47. The predicted molar refractivity (Wildman–Crippen MR) is 80.4 cm³/mol. The van der Waals surface area contributed by atoms with Crippen molar-refractivity contribution in [1.82, 2.24) is 0 Å². The smallest absolute Gasteiger partial charge is 0.165 e. The molecule has 0 bridgehead atoms. The zero-order valence-electron chi connectivity index (χ0n) is 11.0. The molecule has 0 unspecified atom stereocenters. The number of hydrogen-bond donors (Lipinski definition) is 1. The van der Waals surface area contributed by atoms with Crippen LogP contribution in [-0.2, 0) is 9.84 Å². The van der Waals surface area contributed by atoms with Crippen LogP contribution in [0.5, 0.6) is 0 Å². The van der Waals surface area contributed by atoms with Crippen molar-refractivity contribution in [2.24, 2.45) is 10.2 Å². The van der Waals surface area contributed by atoms with Crippen LogP contribution in [0.3, 0.4) is 0 Å². The van der Waals surface area contributed by atoms with Gasteiger partial charge in [-0.05, 0) is 36.4 Å². The highest BCUT2D eigenvalue weighted by atomic mass is 32.2. The van der Waals surface area contributed by atoms with Gasteiger partial charge < -0.3 is 5.32 Å². The van der Waals surface area contributed by atoms with Gasteiger partial charge in [0.05, 0.1) is 11.4 Å². The largest absolute Gasteiger partial charge is 0.372 e. The molecule has 2 aromatic rings. The number of sulfone groups is 1. The first kappa shape index (κ1) is 14.2. The summed E-state index contributed by atoms with van der Waals surface area (Å²) in [7, 11) is -3.03. The van der Waals surface area contributed by atoms with Gasteiger partial charge in [0.15, 0.2) is 9.84 Å². The van der Waals surface area contributed by atoms with E-state index in [1.165, 1.54) is 6.26 Å². The van der Waals surface area contributed by atoms with Crippen LogP contribution in [0.4, 0.5) is 17.1 Å². The fraction of sp³-hybridized carbons (Fsp3) is 0.143. The van der Waals surface area contributed by atoms with Crippen molar-refractivity contribution in [3.8, 4) is 0 Å². The third-order valence-corrected chi connectivity index (χ3v) is 3.11. The SMILES string of the molecule is CS(=O)(=O)CNc1ccc(/N=N/c2ccccc2)cc1. The molecule has 2 rings (SSSR count). The van der Waals surface area contributed by atoms with Gasteiger partial charge in [-0.3, -0.25) is 0 Å². The highest BCUT2D eigenvalue weighted by Gasteiger charge is 2.01. The Hall–Kier alpha value is -2.21. The third-order valence-electron chi connectivity index (χ3n) is 2.44. The number of nitrogens with zero attached hydrogens (tertiary/aromatic N) is 2. The van der Waals surface area contributed by atoms with Crippen molar-refractivity contribution in [2.45, 2.75) is 0 Å². The lowest BCUT2D eigenvalue weighted by Gasteiger charge is -2.04. The van der Waals surface area contributed by atoms with E-state index in [-0.39, 0.29) is 5.88 Å². The van der Waals surface area contributed by atoms with Gasteiger partial charge in [-0.15, -0.1) is 0 Å². The molecule has 2 aromatic carbocycles. The molecule has 0 saturated carbocycles. The molecule has 6 heteroatoms. The molecule has 0 spiro atoms. The maximum atomic E-state index is 11.0. The van der Waals surface area contributed by atoms with Crippen molar-refractivity contribution < 1.29 is 8.42 Å². The van der Waals surface area contributed by atoms with E-state index in [1.807, 2.05) is 30.3 Å². The normalized spacial score (nSPS) is 11.7. The Balaban J connectivity index is 2.00. The minimum Gasteiger partial charge on any atom is -0.372 e. The number of rotatable bonds is 5. The predicted octanol–water partition coefficient (Wildman–Crippen LogP) is 3.52. The van der Waals surface area contributed by atoms with Crippen LogP contribution in [0.2, 0.25) is 0 Å². The van der Waals surface area contributed by atoms with Crippen molar-refractivity contribution in [1.29, 1.82) is 0 Å². The van der Waals surface area contributed by atoms with E-state index in [2.05, 4.69) is 15.5 Å². The van der Waals surface area contributed by atoms with Crippen molar-refractivity contribution in [2.75, 3.05) is 17.4 Å². The summed E-state index contributed by atoms with van der Waals surface area (Å²) in [5.74, 6) is -0.0854. The van der Waals surface area contributed by atoms with Crippen LogP contribution in [0.15, 0.2) is 64.8 Å². The van der Waals surface area contributed by atoms with Crippen LogP contribution in [0.25, 0.3) is 0 Å². The molecule has 5 nitrogen and oxygen atoms in total. The average Bonchev–Trinajstić information content (AvgIpc) is 2.44. The molecule has 0 fully saturated rings. The summed E-state index contributed by atoms with van der Waals surface area (Å²) in [6.07, 6.45) is 1.18. The Morgan fingerprint density at radius 3 is 2.00 bits per heavy atom. The van der Waals surface area contributed by atoms with Gasteiger partial charge in [0.1, 0.15) is 5.88 Å². The summed E-state index contributed by atoms with van der Waals surface area (Å²) in [5, 5.41) is 11.0. The summed E-state index contributed by atoms with van der Waals surface area (Å²) in [5.41, 5.74) is 2.22. The molecule has 0 saturated heterocycles. The number of anilines is 1. The minimum absolute atomic E-state index is 0.0854. The van der Waals surface area contributed by atoms with Gasteiger partial charge in [-0.1, -0.05) is 18.2 Å². The molecular weight excluding hydrogens is 274 g/mol. The topological polar surface area (TPSA) is 70.9 Å². The van der Waals surface area contributed by atoms with Gasteiger partial charge in [0.2, 0.25) is 0 Å². The molecular formula is C14H15N3O2S. The fourth-order valence-corrected chi connectivity index (χ4v) is 1.90. The number of hydrogen-bond acceptors (Lipinski definition) is 5. The summed E-state index contributed by atoms with van der Waals surface area (Å²) < 4.78 is 22.1. The van der Waals surface area contributed by atoms with Crippen molar-refractivity contribution in [3.63, 3.8) is 0 Å². The highest BCUT2D eigenvalue weighted by molar-refractivity contribution is 7.90. The molecule has 0 radical (unpaired) electrons. The van der Waals surface area contributed by atoms with E-state index in [0.717, 1.165) is 11.4 Å². The van der Waals surface area contributed by atoms with E-state index in [0.29, 0.717) is 5.69 Å². The van der Waals surface area contributed by atoms with E-state index in [1.54, 1.807) is 24.3 Å². The van der Waals surface area contributed by atoms with Gasteiger partial charge in [-0.25, -0.2) is 8.42 Å². The maximum Gasteiger partial charge on any atom is 0.165 e. The summed E-state index contributed by atoms with van der Waals surface area (Å²) in [6.45, 7) is 0. The molecule has 0 amide bonds. The van der Waals surface area contributed by atoms with Gasteiger partial charge >= 0.3 is 0 Å². The van der Waals surface area contributed by atoms with Crippen LogP contribution in [0.1, 0.15) is 0 Å². The Morgan fingerprint density at radius 2 is 1.45 bits per heavy atom. The first-order valence-corrected chi connectivity index (χ1v) is 8.07. The Morgan fingerprint density at radius 1 is 0.900 bits per heavy atom. The lowest BCUT2D eigenvalue weighted by molar-refractivity contribution is 0.603. The highest BCUT2D eigenvalue weighted by Crippen LogP contribution is 2.19. The monoisotopic (exact) mass is 289 g/mol. The molecule has 0 aliphatic rings. The number of azo groups is 1. The van der Waals surface area contributed by atoms with Crippen LogP contribution >= 0.6 is 0 Å². The Bertz CT molecular complexity index is 680. The minimum atomic E-state index is -3.03. The molecule has 20 heavy (non-hydrogen) atoms. The quantitative estimate of drug-likeness (QED) is 0.856. The van der Waals surface area contributed by atoms with Crippen LogP contribution < -0.4 is 5.32 Å². The van der Waals surface area contributed by atoms with Gasteiger partial charge in [0.25, 0.3) is 0 Å². The maximum absolute atomic E-state index is 11.0. The average molecular weight is 289 g/mol. The summed E-state index contributed by atoms with van der Waals surface area (Å²) in [6, 6.07) is 16.5. The molecule has 1 N–H and O–H groups in total. The zero-order valence-corrected chi connectivity index (χ0v) is 11.8. The summed E-state index contributed by atoms with van der Waals surface area (Å²) in [4.78, 5) is 0. The lowest BCUT2D eigenvalue weighted by Crippen LogP contribution is -2.12. The standard InChI is InChI=1S/C14H15N3O2S/c1-20(18,19)11-15-12-7-9-14(10-8-12)17-16-13-5-3-2-4-6-13/h2-10,15H,11H2,1H3/b17-16+. The van der Waals surface area contributed by atoms with Gasteiger partial charge in [-0.2, -0.15) is 10.2 Å². The van der Waals surface area contributed by atoms with E-state index in [4.69, 9.17) is 0 Å². The first-order chi connectivity index (χ1) is 9.53. The molecule has 0 aliphatic heterocycles. The van der Waals surface area contributed by atoms with E-state index in [9.17, 15) is 8.42 Å².